The van der Waals surface area contributed by atoms with Crippen molar-refractivity contribution >= 4 is 11.8 Å². The van der Waals surface area contributed by atoms with Crippen LogP contribution in [0, 0.1) is 0 Å². The lowest BCUT2D eigenvalue weighted by Gasteiger charge is -2.24. The third-order valence-corrected chi connectivity index (χ3v) is 5.08. The van der Waals surface area contributed by atoms with E-state index in [9.17, 15) is 9.59 Å². The normalized spacial score (nSPS) is 15.9. The fraction of sp³-hybridized carbons (Fsp3) is 0.391. The van der Waals surface area contributed by atoms with Crippen molar-refractivity contribution < 1.29 is 19.1 Å². The summed E-state index contributed by atoms with van der Waals surface area (Å²) >= 11 is 0. The van der Waals surface area contributed by atoms with E-state index < -0.39 is 6.04 Å². The molecule has 1 aliphatic heterocycles. The minimum Gasteiger partial charge on any atom is -0.497 e. The van der Waals surface area contributed by atoms with Crippen LogP contribution in [0.25, 0.3) is 11.1 Å². The second kappa shape index (κ2) is 10.1. The number of ether oxygens (including phenoxy) is 2. The molecule has 1 atom stereocenters. The predicted molar refractivity (Wildman–Crippen MR) is 112 cm³/mol. The van der Waals surface area contributed by atoms with Gasteiger partial charge in [0.15, 0.2) is 0 Å². The first-order chi connectivity index (χ1) is 14.1. The first-order valence-electron chi connectivity index (χ1n) is 10.0. The van der Waals surface area contributed by atoms with Gasteiger partial charge >= 0.3 is 0 Å². The van der Waals surface area contributed by atoms with Gasteiger partial charge in [-0.1, -0.05) is 24.3 Å². The molecule has 0 radical (unpaired) electrons. The fourth-order valence-corrected chi connectivity index (χ4v) is 3.59. The average molecular weight is 396 g/mol. The Kier molecular flexibility index (Phi) is 7.25. The molecule has 1 unspecified atom stereocenters. The molecule has 0 bridgehead atoms. The van der Waals surface area contributed by atoms with Crippen LogP contribution in [0.2, 0.25) is 0 Å². The Morgan fingerprint density at radius 1 is 1.14 bits per heavy atom. The highest BCUT2D eigenvalue weighted by Gasteiger charge is 2.34. The number of hydrogen-bond acceptors (Lipinski definition) is 4. The summed E-state index contributed by atoms with van der Waals surface area (Å²) < 4.78 is 10.6. The lowest BCUT2D eigenvalue weighted by molar-refractivity contribution is -0.125. The molecule has 6 heteroatoms. The summed E-state index contributed by atoms with van der Waals surface area (Å²) in [5.74, 6) is 0.541. The molecule has 6 nitrogen and oxygen atoms in total. The number of nitrogens with zero attached hydrogens (tertiary/aromatic N) is 1. The van der Waals surface area contributed by atoms with Crippen LogP contribution in [0.15, 0.2) is 48.5 Å². The van der Waals surface area contributed by atoms with Gasteiger partial charge in [-0.2, -0.15) is 0 Å². The van der Waals surface area contributed by atoms with E-state index in [1.54, 1.807) is 18.1 Å². The van der Waals surface area contributed by atoms with Gasteiger partial charge in [0.25, 0.3) is 5.91 Å². The number of carbonyl (C=O) groups is 2. The summed E-state index contributed by atoms with van der Waals surface area (Å²) in [5.41, 5.74) is 2.50. The minimum atomic E-state index is -0.426. The molecule has 1 fully saturated rings. The quantitative estimate of drug-likeness (QED) is 0.696. The molecular weight excluding hydrogens is 368 g/mol. The van der Waals surface area contributed by atoms with E-state index in [2.05, 4.69) is 5.32 Å². The highest BCUT2D eigenvalue weighted by atomic mass is 16.5. The largest absolute Gasteiger partial charge is 0.497 e. The van der Waals surface area contributed by atoms with E-state index in [-0.39, 0.29) is 11.8 Å². The maximum absolute atomic E-state index is 13.1. The monoisotopic (exact) mass is 396 g/mol. The third kappa shape index (κ3) is 5.15. The van der Waals surface area contributed by atoms with Crippen molar-refractivity contribution in [1.82, 2.24) is 10.2 Å². The Morgan fingerprint density at radius 3 is 2.66 bits per heavy atom. The van der Waals surface area contributed by atoms with E-state index in [1.807, 2.05) is 49.4 Å². The van der Waals surface area contributed by atoms with Crippen molar-refractivity contribution in [3.8, 4) is 16.9 Å². The van der Waals surface area contributed by atoms with Crippen LogP contribution in [0.1, 0.15) is 30.1 Å². The van der Waals surface area contributed by atoms with Crippen molar-refractivity contribution in [3.05, 3.63) is 54.1 Å². The van der Waals surface area contributed by atoms with Crippen molar-refractivity contribution in [1.29, 1.82) is 0 Å². The summed E-state index contributed by atoms with van der Waals surface area (Å²) in [6.07, 6.45) is 1.51. The summed E-state index contributed by atoms with van der Waals surface area (Å²) in [4.78, 5) is 27.4. The van der Waals surface area contributed by atoms with Crippen LogP contribution >= 0.6 is 0 Å². The Bertz CT molecular complexity index is 852. The van der Waals surface area contributed by atoms with Gasteiger partial charge in [-0.05, 0) is 55.2 Å². The predicted octanol–water partition coefficient (Wildman–Crippen LogP) is 3.12. The number of likely N-dealkylation sites (tertiary alicyclic amines) is 1. The molecule has 3 rings (SSSR count). The molecule has 1 heterocycles. The zero-order chi connectivity index (χ0) is 20.6. The van der Waals surface area contributed by atoms with Gasteiger partial charge in [0, 0.05) is 25.3 Å². The Morgan fingerprint density at radius 2 is 1.90 bits per heavy atom. The lowest BCUT2D eigenvalue weighted by atomic mass is 10.0. The Hall–Kier alpha value is -2.86. The van der Waals surface area contributed by atoms with Crippen LogP contribution in [-0.4, -0.2) is 56.2 Å². The molecule has 0 aromatic heterocycles. The smallest absolute Gasteiger partial charge is 0.254 e. The summed E-state index contributed by atoms with van der Waals surface area (Å²) in [6, 6.07) is 14.8. The van der Waals surface area contributed by atoms with Crippen molar-refractivity contribution in [2.45, 2.75) is 25.8 Å². The Labute approximate surface area is 171 Å². The molecule has 2 aromatic carbocycles. The van der Waals surface area contributed by atoms with E-state index >= 15 is 0 Å². The van der Waals surface area contributed by atoms with Gasteiger partial charge in [0.2, 0.25) is 5.91 Å². The number of hydrogen-bond donors (Lipinski definition) is 1. The molecule has 1 saturated heterocycles. The number of benzene rings is 2. The molecule has 0 aliphatic carbocycles. The van der Waals surface area contributed by atoms with Crippen molar-refractivity contribution in [2.24, 2.45) is 0 Å². The maximum atomic E-state index is 13.1. The summed E-state index contributed by atoms with van der Waals surface area (Å²) in [6.45, 7) is 4.06. The molecule has 2 aromatic rings. The molecule has 1 N–H and O–H groups in total. The number of amides is 2. The van der Waals surface area contributed by atoms with Crippen LogP contribution in [0.3, 0.4) is 0 Å². The minimum absolute atomic E-state index is 0.112. The van der Waals surface area contributed by atoms with Gasteiger partial charge in [-0.15, -0.1) is 0 Å². The van der Waals surface area contributed by atoms with Crippen molar-refractivity contribution in [3.63, 3.8) is 0 Å². The van der Waals surface area contributed by atoms with Crippen LogP contribution in [0.5, 0.6) is 5.75 Å². The van der Waals surface area contributed by atoms with Gasteiger partial charge in [-0.3, -0.25) is 9.59 Å². The summed E-state index contributed by atoms with van der Waals surface area (Å²) in [5, 5.41) is 2.87. The van der Waals surface area contributed by atoms with Gasteiger partial charge in [0.1, 0.15) is 11.8 Å². The van der Waals surface area contributed by atoms with Gasteiger partial charge < -0.3 is 19.7 Å². The molecule has 0 saturated carbocycles. The molecule has 29 heavy (non-hydrogen) atoms. The number of methoxy groups -OCH3 is 1. The average Bonchev–Trinajstić information content (AvgIpc) is 3.26. The number of rotatable bonds is 8. The first kappa shape index (κ1) is 20.9. The molecule has 154 valence electrons. The highest BCUT2D eigenvalue weighted by Crippen LogP contribution is 2.26. The lowest BCUT2D eigenvalue weighted by Crippen LogP contribution is -2.46. The zero-order valence-electron chi connectivity index (χ0n) is 17.0. The zero-order valence-corrected chi connectivity index (χ0v) is 17.0. The topological polar surface area (TPSA) is 67.9 Å². The number of nitrogens with one attached hydrogen (secondary N) is 1. The van der Waals surface area contributed by atoms with Gasteiger partial charge in [0.05, 0.1) is 13.7 Å². The number of carbonyl (C=O) groups excluding carboxylic acids is 2. The molecule has 0 spiro atoms. The molecular formula is C23H28N2O4. The molecule has 1 aliphatic rings. The van der Waals surface area contributed by atoms with E-state index in [1.165, 1.54) is 0 Å². The third-order valence-electron chi connectivity index (χ3n) is 5.08. The van der Waals surface area contributed by atoms with E-state index in [0.717, 1.165) is 23.3 Å². The van der Waals surface area contributed by atoms with Crippen molar-refractivity contribution in [2.75, 3.05) is 33.4 Å². The Balaban J connectivity index is 1.73. The van der Waals surface area contributed by atoms with E-state index in [0.29, 0.717) is 38.3 Å². The second-order valence-electron chi connectivity index (χ2n) is 6.96. The van der Waals surface area contributed by atoms with Crippen LogP contribution in [-0.2, 0) is 9.53 Å². The van der Waals surface area contributed by atoms with Gasteiger partial charge in [-0.25, -0.2) is 0 Å². The van der Waals surface area contributed by atoms with Crippen LogP contribution < -0.4 is 10.1 Å². The van der Waals surface area contributed by atoms with Crippen LogP contribution in [0.4, 0.5) is 0 Å². The summed E-state index contributed by atoms with van der Waals surface area (Å²) in [7, 11) is 1.63. The van der Waals surface area contributed by atoms with E-state index in [4.69, 9.17) is 9.47 Å². The fourth-order valence-electron chi connectivity index (χ4n) is 3.59. The maximum Gasteiger partial charge on any atom is 0.254 e. The molecule has 2 amide bonds. The first-order valence-corrected chi connectivity index (χ1v) is 10.0. The second-order valence-corrected chi connectivity index (χ2v) is 6.96. The SMILES string of the molecule is CCOCCNC(=O)C1CCCN1C(=O)c1cccc(-c2cccc(OC)c2)c1. The highest BCUT2D eigenvalue weighted by molar-refractivity contribution is 5.98. The standard InChI is InChI=1S/C23H28N2O4/c1-3-29-14-12-24-22(26)21-11-6-13-25(21)23(27)19-9-4-7-17(15-19)18-8-5-10-20(16-18)28-2/h4-5,7-10,15-16,21H,3,6,11-14H2,1-2H3,(H,24,26).